The fourth-order valence-electron chi connectivity index (χ4n) is 1.15. The van der Waals surface area contributed by atoms with Crippen LogP contribution in [0.1, 0.15) is 6.42 Å². The molecule has 0 saturated carbocycles. The quantitative estimate of drug-likeness (QED) is 0.862. The van der Waals surface area contributed by atoms with Gasteiger partial charge in [-0.3, -0.25) is 4.79 Å². The van der Waals surface area contributed by atoms with Gasteiger partial charge in [0.2, 0.25) is 5.91 Å². The highest BCUT2D eigenvalue weighted by Crippen LogP contribution is 2.19. The van der Waals surface area contributed by atoms with E-state index >= 15 is 0 Å². The number of thioether (sulfide) groups is 1. The summed E-state index contributed by atoms with van der Waals surface area (Å²) in [6, 6.07) is 7.65. The van der Waals surface area contributed by atoms with Crippen LogP contribution in [-0.2, 0) is 4.79 Å². The van der Waals surface area contributed by atoms with Crippen molar-refractivity contribution in [2.24, 2.45) is 4.99 Å². The zero-order chi connectivity index (χ0) is 10.7. The Balaban J connectivity index is 2.15. The molecule has 0 unspecified atom stereocenters. The molecule has 15 heavy (non-hydrogen) atoms. The Morgan fingerprint density at radius 1 is 1.33 bits per heavy atom. The second-order valence-corrected chi connectivity index (χ2v) is 5.04. The van der Waals surface area contributed by atoms with Crippen LogP contribution in [0.25, 0.3) is 0 Å². The average Bonchev–Trinajstić information content (AvgIpc) is 2.22. The van der Waals surface area contributed by atoms with Crippen LogP contribution < -0.4 is 5.32 Å². The van der Waals surface area contributed by atoms with Gasteiger partial charge in [-0.05, 0) is 24.3 Å². The molecule has 1 aromatic carbocycles. The predicted molar refractivity (Wildman–Crippen MR) is 66.5 cm³/mol. The third-order valence-corrected chi connectivity index (χ3v) is 3.28. The average molecular weight is 285 g/mol. The first-order valence-corrected chi connectivity index (χ1v) is 6.29. The van der Waals surface area contributed by atoms with Gasteiger partial charge in [-0.25, -0.2) is 4.99 Å². The zero-order valence-electron chi connectivity index (χ0n) is 7.87. The lowest BCUT2D eigenvalue weighted by Gasteiger charge is -2.12. The molecule has 5 heteroatoms. The number of hydrogen-bond donors (Lipinski definition) is 1. The van der Waals surface area contributed by atoms with Gasteiger partial charge in [0, 0.05) is 16.6 Å². The summed E-state index contributed by atoms with van der Waals surface area (Å²) in [5, 5.41) is 3.43. The SMILES string of the molecule is O=C1CCSC(=Nc2ccc(Br)cc2)N1. The second-order valence-electron chi connectivity index (χ2n) is 3.04. The van der Waals surface area contributed by atoms with Crippen LogP contribution in [0.5, 0.6) is 0 Å². The van der Waals surface area contributed by atoms with Gasteiger partial charge in [0.15, 0.2) is 5.17 Å². The molecule has 78 valence electrons. The van der Waals surface area contributed by atoms with Crippen LogP contribution in [0.4, 0.5) is 5.69 Å². The largest absolute Gasteiger partial charge is 0.305 e. The number of carbonyl (C=O) groups excluding carboxylic acids is 1. The van der Waals surface area contributed by atoms with E-state index in [1.54, 1.807) is 11.8 Å². The van der Waals surface area contributed by atoms with E-state index in [9.17, 15) is 4.79 Å². The minimum absolute atomic E-state index is 0.0459. The van der Waals surface area contributed by atoms with Crippen LogP contribution in [-0.4, -0.2) is 16.8 Å². The number of nitrogens with one attached hydrogen (secondary N) is 1. The lowest BCUT2D eigenvalue weighted by molar-refractivity contribution is -0.119. The molecule has 0 aromatic heterocycles. The summed E-state index contributed by atoms with van der Waals surface area (Å²) in [5.41, 5.74) is 0.850. The molecule has 0 radical (unpaired) electrons. The number of nitrogens with zero attached hydrogens (tertiary/aromatic N) is 1. The number of benzene rings is 1. The van der Waals surface area contributed by atoms with E-state index in [1.807, 2.05) is 24.3 Å². The molecule has 0 aliphatic carbocycles. The van der Waals surface area contributed by atoms with Crippen molar-refractivity contribution in [3.05, 3.63) is 28.7 Å². The van der Waals surface area contributed by atoms with Crippen LogP contribution in [0, 0.1) is 0 Å². The Morgan fingerprint density at radius 3 is 2.73 bits per heavy atom. The molecule has 0 spiro atoms. The molecule has 1 amide bonds. The maximum atomic E-state index is 11.1. The zero-order valence-corrected chi connectivity index (χ0v) is 10.3. The van der Waals surface area contributed by atoms with Crippen molar-refractivity contribution < 1.29 is 4.79 Å². The molecule has 1 saturated heterocycles. The number of aliphatic imine (C=N–C) groups is 1. The van der Waals surface area contributed by atoms with Gasteiger partial charge in [0.1, 0.15) is 0 Å². The summed E-state index contributed by atoms with van der Waals surface area (Å²) >= 11 is 4.93. The smallest absolute Gasteiger partial charge is 0.226 e. The summed E-state index contributed by atoms with van der Waals surface area (Å²) < 4.78 is 1.02. The van der Waals surface area contributed by atoms with E-state index in [1.165, 1.54) is 0 Å². The van der Waals surface area contributed by atoms with Crippen LogP contribution >= 0.6 is 27.7 Å². The van der Waals surface area contributed by atoms with Crippen LogP contribution in [0.15, 0.2) is 33.7 Å². The number of hydrogen-bond acceptors (Lipinski definition) is 3. The van der Waals surface area contributed by atoms with Crippen LogP contribution in [0.3, 0.4) is 0 Å². The molecule has 3 nitrogen and oxygen atoms in total. The third kappa shape index (κ3) is 3.07. The molecule has 1 N–H and O–H groups in total. The summed E-state index contributed by atoms with van der Waals surface area (Å²) in [5.74, 6) is 0.853. The number of halogens is 1. The normalized spacial score (nSPS) is 19.0. The molecule has 1 fully saturated rings. The van der Waals surface area contributed by atoms with Gasteiger partial charge in [0.25, 0.3) is 0 Å². The minimum Gasteiger partial charge on any atom is -0.305 e. The second kappa shape index (κ2) is 4.81. The van der Waals surface area contributed by atoms with Crippen molar-refractivity contribution in [2.75, 3.05) is 5.75 Å². The lowest BCUT2D eigenvalue weighted by atomic mass is 10.3. The molecule has 1 aliphatic rings. The van der Waals surface area contributed by atoms with Crippen molar-refractivity contribution in [1.29, 1.82) is 0 Å². The van der Waals surface area contributed by atoms with E-state index < -0.39 is 0 Å². The van der Waals surface area contributed by atoms with E-state index in [-0.39, 0.29) is 5.91 Å². The van der Waals surface area contributed by atoms with Gasteiger partial charge >= 0.3 is 0 Å². The van der Waals surface area contributed by atoms with Gasteiger partial charge in [-0.15, -0.1) is 0 Å². The van der Waals surface area contributed by atoms with E-state index in [2.05, 4.69) is 26.2 Å². The topological polar surface area (TPSA) is 41.5 Å². The van der Waals surface area contributed by atoms with Gasteiger partial charge < -0.3 is 5.32 Å². The van der Waals surface area contributed by atoms with Gasteiger partial charge in [-0.1, -0.05) is 27.7 Å². The summed E-state index contributed by atoms with van der Waals surface area (Å²) in [6.45, 7) is 0. The lowest BCUT2D eigenvalue weighted by Crippen LogP contribution is -2.32. The maximum Gasteiger partial charge on any atom is 0.226 e. The highest BCUT2D eigenvalue weighted by atomic mass is 79.9. The number of carbonyl (C=O) groups is 1. The van der Waals surface area contributed by atoms with Crippen LogP contribution in [0.2, 0.25) is 0 Å². The van der Waals surface area contributed by atoms with Gasteiger partial charge in [0.05, 0.1) is 5.69 Å². The maximum absolute atomic E-state index is 11.1. The third-order valence-electron chi connectivity index (χ3n) is 1.87. The van der Waals surface area contributed by atoms with Crippen molar-refractivity contribution in [3.63, 3.8) is 0 Å². The fourth-order valence-corrected chi connectivity index (χ4v) is 2.25. The van der Waals surface area contributed by atoms with Crippen molar-refractivity contribution in [1.82, 2.24) is 5.32 Å². The molecule has 1 aliphatic heterocycles. The Bertz CT molecular complexity index is 402. The first-order valence-electron chi connectivity index (χ1n) is 4.51. The minimum atomic E-state index is 0.0459. The standard InChI is InChI=1S/C10H9BrN2OS/c11-7-1-3-8(4-2-7)12-10-13-9(14)5-6-15-10/h1-4H,5-6H2,(H,12,13,14). The first-order chi connectivity index (χ1) is 7.24. The number of amidine groups is 1. The number of rotatable bonds is 1. The fraction of sp³-hybridized carbons (Fsp3) is 0.200. The molecular weight excluding hydrogens is 276 g/mol. The summed E-state index contributed by atoms with van der Waals surface area (Å²) in [6.07, 6.45) is 0.573. The monoisotopic (exact) mass is 284 g/mol. The predicted octanol–water partition coefficient (Wildman–Crippen LogP) is 2.69. The Morgan fingerprint density at radius 2 is 2.07 bits per heavy atom. The Kier molecular flexibility index (Phi) is 3.43. The molecule has 0 bridgehead atoms. The molecule has 1 heterocycles. The molecule has 1 aromatic rings. The Hall–Kier alpha value is -0.810. The molecule has 0 atom stereocenters. The first kappa shape index (κ1) is 10.7. The number of amides is 1. The van der Waals surface area contributed by atoms with Crippen molar-refractivity contribution in [2.45, 2.75) is 6.42 Å². The van der Waals surface area contributed by atoms with E-state index in [0.717, 1.165) is 15.9 Å². The van der Waals surface area contributed by atoms with E-state index in [0.29, 0.717) is 11.6 Å². The van der Waals surface area contributed by atoms with Crippen molar-refractivity contribution in [3.8, 4) is 0 Å². The van der Waals surface area contributed by atoms with E-state index in [4.69, 9.17) is 0 Å². The Labute approximate surface area is 100 Å². The van der Waals surface area contributed by atoms with Gasteiger partial charge in [-0.2, -0.15) is 0 Å². The highest BCUT2D eigenvalue weighted by molar-refractivity contribution is 9.10. The van der Waals surface area contributed by atoms with Crippen molar-refractivity contribution >= 4 is 44.5 Å². The summed E-state index contributed by atoms with van der Waals surface area (Å²) in [4.78, 5) is 15.4. The molecule has 2 rings (SSSR count). The molecular formula is C10H9BrN2OS. The summed E-state index contributed by atoms with van der Waals surface area (Å²) in [7, 11) is 0. The highest BCUT2D eigenvalue weighted by Gasteiger charge is 2.13.